The number of anilines is 1. The van der Waals surface area contributed by atoms with Gasteiger partial charge < -0.3 is 14.8 Å². The van der Waals surface area contributed by atoms with Crippen molar-refractivity contribution in [2.75, 3.05) is 19.5 Å². The first-order chi connectivity index (χ1) is 12.1. The average Bonchev–Trinajstić information content (AvgIpc) is 2.66. The molecule has 0 saturated heterocycles. The highest BCUT2D eigenvalue weighted by molar-refractivity contribution is 6.07. The van der Waals surface area contributed by atoms with E-state index in [1.165, 1.54) is 12.2 Å². The number of methoxy groups -OCH3 is 2. The number of rotatable bonds is 7. The lowest BCUT2D eigenvalue weighted by Crippen LogP contribution is -2.07. The van der Waals surface area contributed by atoms with Crippen LogP contribution in [0.5, 0.6) is 11.5 Å². The molecule has 0 atom stereocenters. The molecule has 0 bridgehead atoms. The van der Waals surface area contributed by atoms with Crippen molar-refractivity contribution in [2.24, 2.45) is 0 Å². The molecule has 5 nitrogen and oxygen atoms in total. The van der Waals surface area contributed by atoms with Crippen LogP contribution in [0, 0.1) is 0 Å². The van der Waals surface area contributed by atoms with E-state index in [2.05, 4.69) is 11.9 Å². The first-order valence-electron chi connectivity index (χ1n) is 7.55. The van der Waals surface area contributed by atoms with E-state index in [0.29, 0.717) is 22.7 Å². The van der Waals surface area contributed by atoms with Crippen LogP contribution in [0.2, 0.25) is 0 Å². The molecule has 0 aromatic heterocycles. The zero-order valence-corrected chi connectivity index (χ0v) is 14.1. The van der Waals surface area contributed by atoms with Gasteiger partial charge in [-0.15, -0.1) is 0 Å². The molecule has 0 aliphatic carbocycles. The predicted molar refractivity (Wildman–Crippen MR) is 98.2 cm³/mol. The number of benzene rings is 2. The third-order valence-corrected chi connectivity index (χ3v) is 3.47. The summed E-state index contributed by atoms with van der Waals surface area (Å²) in [6.07, 6.45) is 4.33. The zero-order valence-electron chi connectivity index (χ0n) is 14.1. The number of ether oxygens (including phenoxy) is 2. The van der Waals surface area contributed by atoms with Crippen molar-refractivity contribution in [3.05, 3.63) is 72.3 Å². The summed E-state index contributed by atoms with van der Waals surface area (Å²) < 4.78 is 10.5. The van der Waals surface area contributed by atoms with Gasteiger partial charge >= 0.3 is 0 Å². The van der Waals surface area contributed by atoms with Gasteiger partial charge in [0.1, 0.15) is 11.5 Å². The Labute approximate surface area is 146 Å². The van der Waals surface area contributed by atoms with Gasteiger partial charge in [-0.25, -0.2) is 0 Å². The Morgan fingerprint density at radius 1 is 1.04 bits per heavy atom. The van der Waals surface area contributed by atoms with Crippen LogP contribution in [0.1, 0.15) is 15.9 Å². The fraction of sp³-hybridized carbons (Fsp3) is 0.100. The molecule has 1 amide bonds. The molecule has 1 N–H and O–H groups in total. The maximum absolute atomic E-state index is 12.3. The standard InChI is InChI=1S/C20H19NO4/c1-4-20(23)21-16-8-5-14(6-9-16)18(22)11-7-15-13-17(24-2)10-12-19(15)25-3/h4-13H,1H2,2-3H3,(H,21,23)/b11-7+. The van der Waals surface area contributed by atoms with Crippen LogP contribution in [0.3, 0.4) is 0 Å². The van der Waals surface area contributed by atoms with E-state index in [9.17, 15) is 9.59 Å². The van der Waals surface area contributed by atoms with Crippen LogP contribution >= 0.6 is 0 Å². The maximum atomic E-state index is 12.3. The Morgan fingerprint density at radius 2 is 1.76 bits per heavy atom. The Kier molecular flexibility index (Phi) is 6.12. The van der Waals surface area contributed by atoms with Crippen molar-refractivity contribution in [3.63, 3.8) is 0 Å². The largest absolute Gasteiger partial charge is 0.497 e. The molecule has 0 heterocycles. The SMILES string of the molecule is C=CC(=O)Nc1ccc(C(=O)/C=C/c2cc(OC)ccc2OC)cc1. The summed E-state index contributed by atoms with van der Waals surface area (Å²) in [4.78, 5) is 23.5. The van der Waals surface area contributed by atoms with Gasteiger partial charge in [0.15, 0.2) is 5.78 Å². The molecule has 5 heteroatoms. The third-order valence-electron chi connectivity index (χ3n) is 3.47. The second-order valence-electron chi connectivity index (χ2n) is 5.08. The molecule has 2 aromatic rings. The van der Waals surface area contributed by atoms with Gasteiger partial charge in [-0.2, -0.15) is 0 Å². The fourth-order valence-electron chi connectivity index (χ4n) is 2.14. The Morgan fingerprint density at radius 3 is 2.36 bits per heavy atom. The van der Waals surface area contributed by atoms with E-state index < -0.39 is 0 Å². The second-order valence-corrected chi connectivity index (χ2v) is 5.08. The van der Waals surface area contributed by atoms with Crippen molar-refractivity contribution in [2.45, 2.75) is 0 Å². The minimum absolute atomic E-state index is 0.161. The van der Waals surface area contributed by atoms with Crippen LogP contribution in [-0.4, -0.2) is 25.9 Å². The van der Waals surface area contributed by atoms with Gasteiger partial charge in [-0.05, 0) is 60.7 Å². The van der Waals surface area contributed by atoms with Gasteiger partial charge in [-0.1, -0.05) is 6.58 Å². The maximum Gasteiger partial charge on any atom is 0.247 e. The van der Waals surface area contributed by atoms with Crippen LogP contribution in [-0.2, 0) is 4.79 Å². The highest BCUT2D eigenvalue weighted by Crippen LogP contribution is 2.25. The van der Waals surface area contributed by atoms with Gasteiger partial charge in [0, 0.05) is 16.8 Å². The molecule has 0 spiro atoms. The first kappa shape index (κ1) is 18.0. The summed E-state index contributed by atoms with van der Waals surface area (Å²) in [5, 5.41) is 2.63. The highest BCUT2D eigenvalue weighted by atomic mass is 16.5. The minimum atomic E-state index is -0.302. The van der Waals surface area contributed by atoms with E-state index in [1.807, 2.05) is 0 Å². The van der Waals surface area contributed by atoms with Crippen molar-refractivity contribution in [1.29, 1.82) is 0 Å². The summed E-state index contributed by atoms with van der Waals surface area (Å²) in [5.41, 5.74) is 1.85. The molecular weight excluding hydrogens is 318 g/mol. The molecule has 2 aromatic carbocycles. The number of nitrogens with one attached hydrogen (secondary N) is 1. The molecule has 25 heavy (non-hydrogen) atoms. The van der Waals surface area contributed by atoms with Crippen molar-refractivity contribution >= 4 is 23.5 Å². The lowest BCUT2D eigenvalue weighted by atomic mass is 10.1. The third kappa shape index (κ3) is 4.81. The second kappa shape index (κ2) is 8.49. The number of amides is 1. The van der Waals surface area contributed by atoms with Gasteiger partial charge in [-0.3, -0.25) is 9.59 Å². The normalized spacial score (nSPS) is 10.3. The van der Waals surface area contributed by atoms with Crippen molar-refractivity contribution in [1.82, 2.24) is 0 Å². The van der Waals surface area contributed by atoms with E-state index in [1.54, 1.807) is 62.8 Å². The molecule has 0 aliphatic heterocycles. The summed E-state index contributed by atoms with van der Waals surface area (Å²) in [6.45, 7) is 3.39. The average molecular weight is 337 g/mol. The van der Waals surface area contributed by atoms with Crippen LogP contribution in [0.15, 0.2) is 61.2 Å². The Bertz CT molecular complexity index is 807. The predicted octanol–water partition coefficient (Wildman–Crippen LogP) is 3.72. The zero-order chi connectivity index (χ0) is 18.2. The van der Waals surface area contributed by atoms with Gasteiger partial charge in [0.05, 0.1) is 14.2 Å². The molecule has 0 fully saturated rings. The fourth-order valence-corrected chi connectivity index (χ4v) is 2.14. The van der Waals surface area contributed by atoms with Gasteiger partial charge in [0.25, 0.3) is 0 Å². The number of allylic oxidation sites excluding steroid dienone is 1. The molecule has 2 rings (SSSR count). The topological polar surface area (TPSA) is 64.6 Å². The van der Waals surface area contributed by atoms with Gasteiger partial charge in [0.2, 0.25) is 5.91 Å². The Hall–Kier alpha value is -3.34. The number of hydrogen-bond donors (Lipinski definition) is 1. The van der Waals surface area contributed by atoms with E-state index in [0.717, 1.165) is 5.56 Å². The van der Waals surface area contributed by atoms with Crippen molar-refractivity contribution < 1.29 is 19.1 Å². The highest BCUT2D eigenvalue weighted by Gasteiger charge is 2.05. The Balaban J connectivity index is 2.15. The van der Waals surface area contributed by atoms with E-state index >= 15 is 0 Å². The molecule has 0 unspecified atom stereocenters. The van der Waals surface area contributed by atoms with E-state index in [-0.39, 0.29) is 11.7 Å². The van der Waals surface area contributed by atoms with E-state index in [4.69, 9.17) is 9.47 Å². The number of carbonyl (C=O) groups is 2. The monoisotopic (exact) mass is 337 g/mol. The smallest absolute Gasteiger partial charge is 0.247 e. The lowest BCUT2D eigenvalue weighted by molar-refractivity contribution is -0.111. The molecule has 0 aliphatic rings. The molecule has 128 valence electrons. The minimum Gasteiger partial charge on any atom is -0.497 e. The summed E-state index contributed by atoms with van der Waals surface area (Å²) in [6, 6.07) is 12.0. The van der Waals surface area contributed by atoms with Crippen LogP contribution in [0.25, 0.3) is 6.08 Å². The number of hydrogen-bond acceptors (Lipinski definition) is 4. The molecule has 0 radical (unpaired) electrons. The number of ketones is 1. The first-order valence-corrected chi connectivity index (χ1v) is 7.55. The summed E-state index contributed by atoms with van der Waals surface area (Å²) in [5.74, 6) is 0.859. The van der Waals surface area contributed by atoms with Crippen LogP contribution < -0.4 is 14.8 Å². The van der Waals surface area contributed by atoms with Crippen LogP contribution in [0.4, 0.5) is 5.69 Å². The summed E-state index contributed by atoms with van der Waals surface area (Å²) >= 11 is 0. The van der Waals surface area contributed by atoms with Crippen molar-refractivity contribution in [3.8, 4) is 11.5 Å². The lowest BCUT2D eigenvalue weighted by Gasteiger charge is -2.07. The quantitative estimate of drug-likeness (QED) is 0.618. The molecule has 0 saturated carbocycles. The summed E-state index contributed by atoms with van der Waals surface area (Å²) in [7, 11) is 3.14. The number of carbonyl (C=O) groups excluding carboxylic acids is 2. The molecular formula is C20H19NO4.